The molecule has 0 aliphatic carbocycles. The summed E-state index contributed by atoms with van der Waals surface area (Å²) >= 11 is 0. The zero-order valence-electron chi connectivity index (χ0n) is 19.5. The molecule has 0 bridgehead atoms. The van der Waals surface area contributed by atoms with Crippen molar-refractivity contribution in [1.29, 1.82) is 0 Å². The first-order valence-corrected chi connectivity index (χ1v) is 12.6. The predicted molar refractivity (Wildman–Crippen MR) is 133 cm³/mol. The van der Waals surface area contributed by atoms with E-state index in [1.165, 1.54) is 0 Å². The Morgan fingerprint density at radius 1 is 1.00 bits per heavy atom. The number of aryl methyl sites for hydroxylation is 2. The van der Waals surface area contributed by atoms with E-state index in [4.69, 9.17) is 9.47 Å². The van der Waals surface area contributed by atoms with Gasteiger partial charge < -0.3 is 19.7 Å². The van der Waals surface area contributed by atoms with Gasteiger partial charge in [0.2, 0.25) is 5.95 Å². The number of rotatable bonds is 8. The van der Waals surface area contributed by atoms with Crippen LogP contribution in [-0.4, -0.2) is 51.3 Å². The van der Waals surface area contributed by atoms with Crippen LogP contribution < -0.4 is 19.7 Å². The fourth-order valence-electron chi connectivity index (χ4n) is 3.61. The number of sulfonamides is 1. The molecule has 1 fully saturated rings. The number of nitrogens with one attached hydrogen (secondary N) is 2. The topological polar surface area (TPSA) is 106 Å². The van der Waals surface area contributed by atoms with E-state index < -0.39 is 10.0 Å². The molecule has 4 rings (SSSR count). The molecule has 0 amide bonds. The molecule has 0 atom stereocenters. The first-order valence-electron chi connectivity index (χ1n) is 11.2. The molecule has 1 aliphatic heterocycles. The van der Waals surface area contributed by atoms with E-state index in [1.807, 2.05) is 26.8 Å². The Balaban J connectivity index is 1.45. The Morgan fingerprint density at radius 2 is 1.71 bits per heavy atom. The second kappa shape index (κ2) is 10.3. The van der Waals surface area contributed by atoms with Gasteiger partial charge in [-0.1, -0.05) is 0 Å². The SMILES string of the molecule is CCOc1ccc(S(=O)(=O)Nc2ccc(Nc3cc(C)nc(N4CCOCC4)n3)cc2)cc1C. The summed E-state index contributed by atoms with van der Waals surface area (Å²) in [5, 5.41) is 3.27. The highest BCUT2D eigenvalue weighted by Crippen LogP contribution is 2.25. The first-order chi connectivity index (χ1) is 16.3. The van der Waals surface area contributed by atoms with Crippen LogP contribution in [0.5, 0.6) is 5.75 Å². The van der Waals surface area contributed by atoms with Gasteiger partial charge in [-0.2, -0.15) is 4.98 Å². The van der Waals surface area contributed by atoms with Crippen molar-refractivity contribution in [3.05, 3.63) is 59.8 Å². The summed E-state index contributed by atoms with van der Waals surface area (Å²) in [5.74, 6) is 2.02. The number of nitrogens with zero attached hydrogens (tertiary/aromatic N) is 3. The van der Waals surface area contributed by atoms with Gasteiger partial charge in [-0.05, 0) is 68.8 Å². The average Bonchev–Trinajstić information content (AvgIpc) is 2.82. The Morgan fingerprint density at radius 3 is 2.38 bits per heavy atom. The van der Waals surface area contributed by atoms with Crippen LogP contribution in [0, 0.1) is 13.8 Å². The van der Waals surface area contributed by atoms with Gasteiger partial charge in [0, 0.05) is 36.2 Å². The van der Waals surface area contributed by atoms with Crippen LogP contribution in [0.1, 0.15) is 18.2 Å². The molecule has 2 N–H and O–H groups in total. The number of anilines is 4. The second-order valence-electron chi connectivity index (χ2n) is 7.96. The van der Waals surface area contributed by atoms with Crippen molar-refractivity contribution in [1.82, 2.24) is 9.97 Å². The van der Waals surface area contributed by atoms with Crippen molar-refractivity contribution in [3.63, 3.8) is 0 Å². The van der Waals surface area contributed by atoms with Gasteiger partial charge in [0.25, 0.3) is 10.0 Å². The third-order valence-corrected chi connectivity index (χ3v) is 6.68. The third-order valence-electron chi connectivity index (χ3n) is 5.30. The molecule has 0 spiro atoms. The number of ether oxygens (including phenoxy) is 2. The summed E-state index contributed by atoms with van der Waals surface area (Å²) in [5.41, 5.74) is 2.87. The van der Waals surface area contributed by atoms with Crippen molar-refractivity contribution in [2.24, 2.45) is 0 Å². The lowest BCUT2D eigenvalue weighted by atomic mass is 10.2. The normalized spacial score (nSPS) is 14.0. The van der Waals surface area contributed by atoms with Crippen molar-refractivity contribution in [2.45, 2.75) is 25.7 Å². The van der Waals surface area contributed by atoms with Crippen molar-refractivity contribution >= 4 is 33.2 Å². The Bertz CT molecular complexity index is 1240. The van der Waals surface area contributed by atoms with Gasteiger partial charge in [0.05, 0.1) is 24.7 Å². The van der Waals surface area contributed by atoms with Crippen LogP contribution in [0.25, 0.3) is 0 Å². The Kier molecular flexibility index (Phi) is 7.18. The standard InChI is InChI=1S/C24H29N5O4S/c1-4-33-22-10-9-21(15-17(22)2)34(30,31)28-20-7-5-19(6-8-20)26-23-16-18(3)25-24(27-23)29-11-13-32-14-12-29/h5-10,15-16,28H,4,11-14H2,1-3H3,(H,25,26,27). The summed E-state index contributed by atoms with van der Waals surface area (Å²) in [4.78, 5) is 11.5. The van der Waals surface area contributed by atoms with Gasteiger partial charge in [0.1, 0.15) is 11.6 Å². The summed E-state index contributed by atoms with van der Waals surface area (Å²) < 4.78 is 39.2. The van der Waals surface area contributed by atoms with E-state index in [0.29, 0.717) is 43.0 Å². The number of benzene rings is 2. The van der Waals surface area contributed by atoms with Gasteiger partial charge in [-0.15, -0.1) is 0 Å². The molecule has 0 radical (unpaired) electrons. The van der Waals surface area contributed by atoms with Crippen LogP contribution in [0.2, 0.25) is 0 Å². The van der Waals surface area contributed by atoms with Crippen LogP contribution >= 0.6 is 0 Å². The highest BCUT2D eigenvalue weighted by molar-refractivity contribution is 7.92. The maximum atomic E-state index is 12.8. The lowest BCUT2D eigenvalue weighted by Gasteiger charge is -2.27. The van der Waals surface area contributed by atoms with Gasteiger partial charge in [-0.3, -0.25) is 4.72 Å². The first kappa shape index (κ1) is 23.8. The zero-order valence-corrected chi connectivity index (χ0v) is 20.4. The van der Waals surface area contributed by atoms with Crippen molar-refractivity contribution in [3.8, 4) is 5.75 Å². The minimum atomic E-state index is -3.73. The van der Waals surface area contributed by atoms with Gasteiger partial charge >= 0.3 is 0 Å². The van der Waals surface area contributed by atoms with Crippen LogP contribution in [0.4, 0.5) is 23.1 Å². The molecule has 180 valence electrons. The second-order valence-corrected chi connectivity index (χ2v) is 9.64. The summed E-state index contributed by atoms with van der Waals surface area (Å²) in [6.45, 7) is 8.99. The van der Waals surface area contributed by atoms with Crippen LogP contribution in [-0.2, 0) is 14.8 Å². The maximum Gasteiger partial charge on any atom is 0.261 e. The molecular weight excluding hydrogens is 454 g/mol. The number of aromatic nitrogens is 2. The minimum Gasteiger partial charge on any atom is -0.494 e. The molecule has 2 heterocycles. The van der Waals surface area contributed by atoms with E-state index >= 15 is 0 Å². The fourth-order valence-corrected chi connectivity index (χ4v) is 4.76. The highest BCUT2D eigenvalue weighted by Gasteiger charge is 2.17. The lowest BCUT2D eigenvalue weighted by Crippen LogP contribution is -2.37. The molecule has 0 unspecified atom stereocenters. The van der Waals surface area contributed by atoms with Crippen LogP contribution in [0.15, 0.2) is 53.4 Å². The van der Waals surface area contributed by atoms with E-state index in [1.54, 1.807) is 42.5 Å². The summed E-state index contributed by atoms with van der Waals surface area (Å²) in [6, 6.07) is 13.7. The monoisotopic (exact) mass is 483 g/mol. The zero-order chi connectivity index (χ0) is 24.1. The van der Waals surface area contributed by atoms with Gasteiger partial charge in [-0.25, -0.2) is 13.4 Å². The minimum absolute atomic E-state index is 0.183. The van der Waals surface area contributed by atoms with E-state index in [-0.39, 0.29) is 4.90 Å². The van der Waals surface area contributed by atoms with Gasteiger partial charge in [0.15, 0.2) is 0 Å². The molecule has 1 aromatic heterocycles. The average molecular weight is 484 g/mol. The van der Waals surface area contributed by atoms with E-state index in [0.717, 1.165) is 30.0 Å². The molecule has 3 aromatic rings. The largest absolute Gasteiger partial charge is 0.494 e. The molecule has 1 saturated heterocycles. The molecular formula is C24H29N5O4S. The summed E-state index contributed by atoms with van der Waals surface area (Å²) in [7, 11) is -3.73. The molecule has 1 aliphatic rings. The quantitative estimate of drug-likeness (QED) is 0.497. The van der Waals surface area contributed by atoms with E-state index in [9.17, 15) is 8.42 Å². The Hall–Kier alpha value is -3.37. The summed E-state index contributed by atoms with van der Waals surface area (Å²) in [6.07, 6.45) is 0. The third kappa shape index (κ3) is 5.75. The Labute approximate surface area is 200 Å². The fraction of sp³-hybridized carbons (Fsp3) is 0.333. The van der Waals surface area contributed by atoms with E-state index in [2.05, 4.69) is 24.9 Å². The maximum absolute atomic E-state index is 12.8. The predicted octanol–water partition coefficient (Wildman–Crippen LogP) is 3.87. The van der Waals surface area contributed by atoms with Crippen LogP contribution in [0.3, 0.4) is 0 Å². The van der Waals surface area contributed by atoms with Crippen molar-refractivity contribution < 1.29 is 17.9 Å². The smallest absolute Gasteiger partial charge is 0.261 e. The van der Waals surface area contributed by atoms with Crippen molar-refractivity contribution in [2.75, 3.05) is 47.8 Å². The molecule has 0 saturated carbocycles. The number of morpholine rings is 1. The molecule has 34 heavy (non-hydrogen) atoms. The molecule has 9 nitrogen and oxygen atoms in total. The number of hydrogen-bond donors (Lipinski definition) is 2. The highest BCUT2D eigenvalue weighted by atomic mass is 32.2. The lowest BCUT2D eigenvalue weighted by molar-refractivity contribution is 0.122. The molecule has 10 heteroatoms. The molecule has 2 aromatic carbocycles. The number of hydrogen-bond acceptors (Lipinski definition) is 8.